The highest BCUT2D eigenvalue weighted by atomic mass is 79.9. The van der Waals surface area contributed by atoms with E-state index in [1.54, 1.807) is 18.2 Å². The van der Waals surface area contributed by atoms with E-state index in [0.717, 1.165) is 15.6 Å². The van der Waals surface area contributed by atoms with Gasteiger partial charge in [-0.05, 0) is 49.6 Å². The Bertz CT molecular complexity index is 941. The summed E-state index contributed by atoms with van der Waals surface area (Å²) in [5.74, 6) is -0.718. The number of rotatable bonds is 9. The lowest BCUT2D eigenvalue weighted by Gasteiger charge is -2.13. The minimum Gasteiger partial charge on any atom is -0.374 e. The first kappa shape index (κ1) is 22.2. The summed E-state index contributed by atoms with van der Waals surface area (Å²) in [7, 11) is 0. The molecule has 7 heteroatoms. The zero-order valence-corrected chi connectivity index (χ0v) is 18.7. The lowest BCUT2D eigenvalue weighted by Crippen LogP contribution is -2.32. The molecule has 3 amide bonds. The molecule has 0 fully saturated rings. The minimum absolute atomic E-state index is 0.110. The molecular weight excluding hydrogens is 448 g/mol. The van der Waals surface area contributed by atoms with Crippen LogP contribution in [0, 0.1) is 0 Å². The molecule has 1 aliphatic rings. The number of benzene rings is 2. The number of carbonyl (C=O) groups excluding carboxylic acids is 3. The largest absolute Gasteiger partial charge is 0.374 e. The van der Waals surface area contributed by atoms with Crippen LogP contribution >= 0.6 is 15.9 Å². The van der Waals surface area contributed by atoms with Crippen LogP contribution in [0.5, 0.6) is 0 Å². The van der Waals surface area contributed by atoms with Crippen molar-refractivity contribution >= 4 is 33.7 Å². The number of nitrogens with zero attached hydrogens (tertiary/aromatic N) is 1. The van der Waals surface area contributed by atoms with E-state index < -0.39 is 0 Å². The number of imide groups is 1. The molecule has 0 atom stereocenters. The zero-order chi connectivity index (χ0) is 21.7. The maximum absolute atomic E-state index is 12.4. The summed E-state index contributed by atoms with van der Waals surface area (Å²) in [5, 5.41) is 2.88. The van der Waals surface area contributed by atoms with E-state index >= 15 is 0 Å². The van der Waals surface area contributed by atoms with E-state index in [-0.39, 0.29) is 36.8 Å². The third kappa shape index (κ3) is 5.55. The Hall–Kier alpha value is -2.51. The van der Waals surface area contributed by atoms with Crippen LogP contribution in [-0.4, -0.2) is 35.3 Å². The van der Waals surface area contributed by atoms with E-state index in [0.29, 0.717) is 30.7 Å². The normalized spacial score (nSPS) is 13.1. The predicted molar refractivity (Wildman–Crippen MR) is 117 cm³/mol. The van der Waals surface area contributed by atoms with Gasteiger partial charge in [-0.3, -0.25) is 19.3 Å². The fourth-order valence-corrected chi connectivity index (χ4v) is 3.53. The van der Waals surface area contributed by atoms with Gasteiger partial charge in [-0.2, -0.15) is 0 Å². The monoisotopic (exact) mass is 472 g/mol. The Balaban J connectivity index is 1.41. The molecule has 0 unspecified atom stereocenters. The molecule has 1 heterocycles. The van der Waals surface area contributed by atoms with Gasteiger partial charge in [0, 0.05) is 24.0 Å². The van der Waals surface area contributed by atoms with Crippen LogP contribution in [0.25, 0.3) is 0 Å². The molecule has 3 rings (SSSR count). The topological polar surface area (TPSA) is 75.7 Å². The van der Waals surface area contributed by atoms with Crippen molar-refractivity contribution in [3.8, 4) is 0 Å². The molecule has 0 aromatic heterocycles. The van der Waals surface area contributed by atoms with Crippen LogP contribution in [0.1, 0.15) is 58.5 Å². The Labute approximate surface area is 184 Å². The number of amides is 3. The van der Waals surface area contributed by atoms with Gasteiger partial charge < -0.3 is 10.1 Å². The second-order valence-corrected chi connectivity index (χ2v) is 8.42. The standard InChI is InChI=1S/C23H25BrN2O4/c1-15(2)30-14-17-7-5-16(6-8-17)13-25-21(27)4-3-11-26-22(28)19-10-9-18(24)12-20(19)23(26)29/h5-10,12,15H,3-4,11,13-14H2,1-2H3,(H,25,27). The molecule has 0 bridgehead atoms. The average molecular weight is 473 g/mol. The predicted octanol–water partition coefficient (Wildman–Crippen LogP) is 4.07. The number of hydrogen-bond acceptors (Lipinski definition) is 4. The SMILES string of the molecule is CC(C)OCc1ccc(CNC(=O)CCCN2C(=O)c3ccc(Br)cc3C2=O)cc1. The number of ether oxygens (including phenoxy) is 1. The van der Waals surface area contributed by atoms with Gasteiger partial charge in [0.2, 0.25) is 5.91 Å². The van der Waals surface area contributed by atoms with Gasteiger partial charge in [-0.1, -0.05) is 40.2 Å². The van der Waals surface area contributed by atoms with E-state index in [2.05, 4.69) is 21.2 Å². The highest BCUT2D eigenvalue weighted by Crippen LogP contribution is 2.26. The maximum atomic E-state index is 12.4. The molecule has 2 aromatic rings. The number of nitrogens with one attached hydrogen (secondary N) is 1. The Morgan fingerprint density at radius 3 is 2.40 bits per heavy atom. The van der Waals surface area contributed by atoms with Gasteiger partial charge in [-0.15, -0.1) is 0 Å². The average Bonchev–Trinajstić information content (AvgIpc) is 2.95. The molecule has 0 aliphatic carbocycles. The molecule has 1 aliphatic heterocycles. The van der Waals surface area contributed by atoms with Gasteiger partial charge in [0.25, 0.3) is 11.8 Å². The highest BCUT2D eigenvalue weighted by molar-refractivity contribution is 9.10. The van der Waals surface area contributed by atoms with Gasteiger partial charge in [0.15, 0.2) is 0 Å². The quantitative estimate of drug-likeness (QED) is 0.558. The van der Waals surface area contributed by atoms with Gasteiger partial charge in [0.1, 0.15) is 0 Å². The summed E-state index contributed by atoms with van der Waals surface area (Å²) in [5.41, 5.74) is 2.91. The van der Waals surface area contributed by atoms with Crippen LogP contribution in [0.4, 0.5) is 0 Å². The van der Waals surface area contributed by atoms with Crippen LogP contribution in [0.2, 0.25) is 0 Å². The lowest BCUT2D eigenvalue weighted by molar-refractivity contribution is -0.121. The third-order valence-electron chi connectivity index (χ3n) is 4.81. The Morgan fingerprint density at radius 2 is 1.70 bits per heavy atom. The Morgan fingerprint density at radius 1 is 1.03 bits per heavy atom. The summed E-state index contributed by atoms with van der Waals surface area (Å²) in [6.45, 7) is 5.22. The Kier molecular flexibility index (Phi) is 7.39. The summed E-state index contributed by atoms with van der Waals surface area (Å²) >= 11 is 3.32. The first-order valence-corrected chi connectivity index (χ1v) is 10.8. The van der Waals surface area contributed by atoms with E-state index in [9.17, 15) is 14.4 Å². The lowest BCUT2D eigenvalue weighted by atomic mass is 10.1. The third-order valence-corrected chi connectivity index (χ3v) is 5.31. The highest BCUT2D eigenvalue weighted by Gasteiger charge is 2.35. The fraction of sp³-hybridized carbons (Fsp3) is 0.348. The maximum Gasteiger partial charge on any atom is 0.261 e. The van der Waals surface area contributed by atoms with Crippen LogP contribution in [0.15, 0.2) is 46.9 Å². The van der Waals surface area contributed by atoms with Crippen LogP contribution < -0.4 is 5.32 Å². The van der Waals surface area contributed by atoms with Crippen LogP contribution in [0.3, 0.4) is 0 Å². The first-order valence-electron chi connectivity index (χ1n) is 9.97. The minimum atomic E-state index is -0.307. The van der Waals surface area contributed by atoms with Crippen molar-refractivity contribution in [1.29, 1.82) is 0 Å². The molecule has 0 radical (unpaired) electrons. The molecule has 0 saturated carbocycles. The van der Waals surface area contributed by atoms with E-state index in [1.165, 1.54) is 4.90 Å². The van der Waals surface area contributed by atoms with Crippen molar-refractivity contribution in [1.82, 2.24) is 10.2 Å². The second-order valence-electron chi connectivity index (χ2n) is 7.51. The van der Waals surface area contributed by atoms with Gasteiger partial charge in [0.05, 0.1) is 23.8 Å². The molecule has 0 spiro atoms. The molecule has 30 heavy (non-hydrogen) atoms. The molecule has 158 valence electrons. The number of carbonyl (C=O) groups is 3. The fourth-order valence-electron chi connectivity index (χ4n) is 3.17. The molecular formula is C23H25BrN2O4. The van der Waals surface area contributed by atoms with E-state index in [1.807, 2.05) is 38.1 Å². The van der Waals surface area contributed by atoms with Crippen molar-refractivity contribution in [2.24, 2.45) is 0 Å². The summed E-state index contributed by atoms with van der Waals surface area (Å²) in [6.07, 6.45) is 0.854. The zero-order valence-electron chi connectivity index (χ0n) is 17.1. The van der Waals surface area contributed by atoms with Crippen molar-refractivity contribution in [2.45, 2.75) is 45.9 Å². The number of fused-ring (bicyclic) bond motifs is 1. The molecule has 0 saturated heterocycles. The summed E-state index contributed by atoms with van der Waals surface area (Å²) < 4.78 is 6.32. The molecule has 1 N–H and O–H groups in total. The molecule has 6 nitrogen and oxygen atoms in total. The molecule has 2 aromatic carbocycles. The van der Waals surface area contributed by atoms with Gasteiger partial charge in [-0.25, -0.2) is 0 Å². The van der Waals surface area contributed by atoms with Crippen molar-refractivity contribution in [3.63, 3.8) is 0 Å². The van der Waals surface area contributed by atoms with Crippen molar-refractivity contribution < 1.29 is 19.1 Å². The van der Waals surface area contributed by atoms with E-state index in [4.69, 9.17) is 4.74 Å². The number of halogens is 1. The van der Waals surface area contributed by atoms with Crippen LogP contribution in [-0.2, 0) is 22.7 Å². The van der Waals surface area contributed by atoms with Gasteiger partial charge >= 0.3 is 0 Å². The second kappa shape index (κ2) is 10.00. The number of hydrogen-bond donors (Lipinski definition) is 1. The van der Waals surface area contributed by atoms with Crippen molar-refractivity contribution in [3.05, 3.63) is 69.2 Å². The summed E-state index contributed by atoms with van der Waals surface area (Å²) in [6, 6.07) is 13.0. The first-order chi connectivity index (χ1) is 14.3. The summed E-state index contributed by atoms with van der Waals surface area (Å²) in [4.78, 5) is 38.2. The van der Waals surface area contributed by atoms with Crippen molar-refractivity contribution in [2.75, 3.05) is 6.54 Å². The smallest absolute Gasteiger partial charge is 0.261 e.